The van der Waals surface area contributed by atoms with Gasteiger partial charge < -0.3 is 4.98 Å². The number of nitrogens with zero attached hydrogens (tertiary/aromatic N) is 4. The Morgan fingerprint density at radius 1 is 1.30 bits per heavy atom. The van der Waals surface area contributed by atoms with Gasteiger partial charge in [0.05, 0.1) is 11.4 Å². The van der Waals surface area contributed by atoms with Gasteiger partial charge in [-0.05, 0) is 37.5 Å². The zero-order valence-electron chi connectivity index (χ0n) is 13.1. The molecule has 0 amide bonds. The molecule has 23 heavy (non-hydrogen) atoms. The van der Waals surface area contributed by atoms with Crippen molar-refractivity contribution in [3.05, 3.63) is 51.5 Å². The number of fused-ring (bicyclic) bond motifs is 1. The third-order valence-electron chi connectivity index (χ3n) is 4.07. The Kier molecular flexibility index (Phi) is 3.11. The van der Waals surface area contributed by atoms with Gasteiger partial charge in [-0.15, -0.1) is 0 Å². The summed E-state index contributed by atoms with van der Waals surface area (Å²) in [5.74, 6) is 1.22. The van der Waals surface area contributed by atoms with Crippen LogP contribution in [-0.4, -0.2) is 24.7 Å². The normalized spacial score (nSPS) is 14.9. The van der Waals surface area contributed by atoms with Crippen molar-refractivity contribution >= 4 is 23.2 Å². The van der Waals surface area contributed by atoms with Crippen LogP contribution in [0.1, 0.15) is 41.5 Å². The standard InChI is InChI=1S/C17H17N5O/c1-10-14-7-11(9-18-17(14)22(2)21-10)3-6-13-8-15(23)20-16(19-13)12-4-5-12/h3,6-9,12H,4-5H2,1-2H3,(H,19,20,23). The summed E-state index contributed by atoms with van der Waals surface area (Å²) >= 11 is 0. The molecule has 0 atom stereocenters. The second-order valence-corrected chi connectivity index (χ2v) is 6.01. The van der Waals surface area contributed by atoms with Crippen LogP contribution in [0.25, 0.3) is 23.2 Å². The van der Waals surface area contributed by atoms with Crippen molar-refractivity contribution in [1.82, 2.24) is 24.7 Å². The maximum Gasteiger partial charge on any atom is 0.251 e. The van der Waals surface area contributed by atoms with Gasteiger partial charge in [0.1, 0.15) is 5.82 Å². The fourth-order valence-electron chi connectivity index (χ4n) is 2.73. The average molecular weight is 307 g/mol. The second-order valence-electron chi connectivity index (χ2n) is 6.01. The molecule has 3 heterocycles. The summed E-state index contributed by atoms with van der Waals surface area (Å²) < 4.78 is 1.78. The monoisotopic (exact) mass is 307 g/mol. The first-order valence-corrected chi connectivity index (χ1v) is 7.69. The van der Waals surface area contributed by atoms with Crippen LogP contribution in [0.15, 0.2) is 23.1 Å². The average Bonchev–Trinajstić information content (AvgIpc) is 3.33. The topological polar surface area (TPSA) is 76.5 Å². The van der Waals surface area contributed by atoms with Gasteiger partial charge in [-0.2, -0.15) is 5.10 Å². The van der Waals surface area contributed by atoms with Crippen molar-refractivity contribution in [2.24, 2.45) is 7.05 Å². The minimum absolute atomic E-state index is 0.0989. The zero-order valence-corrected chi connectivity index (χ0v) is 13.1. The van der Waals surface area contributed by atoms with Crippen LogP contribution in [0.2, 0.25) is 0 Å². The number of H-pyrrole nitrogens is 1. The summed E-state index contributed by atoms with van der Waals surface area (Å²) in [5.41, 5.74) is 3.36. The molecule has 1 N–H and O–H groups in total. The van der Waals surface area contributed by atoms with E-state index in [0.717, 1.165) is 41.0 Å². The van der Waals surface area contributed by atoms with Gasteiger partial charge in [0.2, 0.25) is 0 Å². The Bertz CT molecular complexity index is 978. The maximum atomic E-state index is 11.7. The fourth-order valence-corrected chi connectivity index (χ4v) is 2.73. The molecule has 1 aliphatic rings. The number of aryl methyl sites for hydroxylation is 2. The number of nitrogens with one attached hydrogen (secondary N) is 1. The molecule has 0 aromatic carbocycles. The zero-order chi connectivity index (χ0) is 16.0. The Hall–Kier alpha value is -2.76. The lowest BCUT2D eigenvalue weighted by Crippen LogP contribution is -2.10. The first-order valence-electron chi connectivity index (χ1n) is 7.69. The highest BCUT2D eigenvalue weighted by Crippen LogP contribution is 2.37. The number of hydrogen-bond acceptors (Lipinski definition) is 4. The quantitative estimate of drug-likeness (QED) is 0.806. The second kappa shape index (κ2) is 5.15. The lowest BCUT2D eigenvalue weighted by Gasteiger charge is -1.99. The van der Waals surface area contributed by atoms with Crippen LogP contribution in [-0.2, 0) is 7.05 Å². The first kappa shape index (κ1) is 13.9. The van der Waals surface area contributed by atoms with Gasteiger partial charge in [0.15, 0.2) is 5.65 Å². The molecule has 1 aliphatic carbocycles. The van der Waals surface area contributed by atoms with Crippen LogP contribution in [0.4, 0.5) is 0 Å². The van der Waals surface area contributed by atoms with Crippen LogP contribution < -0.4 is 5.56 Å². The highest BCUT2D eigenvalue weighted by molar-refractivity contribution is 5.82. The lowest BCUT2D eigenvalue weighted by molar-refractivity contribution is 0.774. The Morgan fingerprint density at radius 3 is 2.91 bits per heavy atom. The number of aromatic amines is 1. The molecule has 1 saturated carbocycles. The van der Waals surface area contributed by atoms with Crippen molar-refractivity contribution in [1.29, 1.82) is 0 Å². The van der Waals surface area contributed by atoms with E-state index in [9.17, 15) is 4.79 Å². The van der Waals surface area contributed by atoms with Crippen molar-refractivity contribution in [2.75, 3.05) is 0 Å². The van der Waals surface area contributed by atoms with Crippen LogP contribution in [0.5, 0.6) is 0 Å². The third kappa shape index (κ3) is 2.67. The summed E-state index contributed by atoms with van der Waals surface area (Å²) in [7, 11) is 1.89. The van der Waals surface area contributed by atoms with E-state index in [4.69, 9.17) is 0 Å². The minimum atomic E-state index is -0.0989. The van der Waals surface area contributed by atoms with Gasteiger partial charge in [0.25, 0.3) is 5.56 Å². The summed E-state index contributed by atoms with van der Waals surface area (Å²) in [6.45, 7) is 1.97. The molecular weight excluding hydrogens is 290 g/mol. The molecule has 116 valence electrons. The highest BCUT2D eigenvalue weighted by Gasteiger charge is 2.26. The van der Waals surface area contributed by atoms with Crippen molar-refractivity contribution in [3.63, 3.8) is 0 Å². The smallest absolute Gasteiger partial charge is 0.251 e. The molecule has 3 aromatic heterocycles. The van der Waals surface area contributed by atoms with E-state index in [1.807, 2.05) is 26.1 Å². The van der Waals surface area contributed by atoms with Crippen molar-refractivity contribution in [2.45, 2.75) is 25.7 Å². The Balaban J connectivity index is 1.68. The molecule has 0 radical (unpaired) electrons. The van der Waals surface area contributed by atoms with E-state index < -0.39 is 0 Å². The Morgan fingerprint density at radius 2 is 2.13 bits per heavy atom. The molecule has 1 fully saturated rings. The van der Waals surface area contributed by atoms with Crippen molar-refractivity contribution < 1.29 is 0 Å². The maximum absolute atomic E-state index is 11.7. The van der Waals surface area contributed by atoms with Crippen LogP contribution in [0, 0.1) is 6.92 Å². The summed E-state index contributed by atoms with van der Waals surface area (Å²) in [4.78, 5) is 23.5. The molecule has 0 spiro atoms. The lowest BCUT2D eigenvalue weighted by atomic mass is 10.2. The van der Waals surface area contributed by atoms with Gasteiger partial charge in [-0.1, -0.05) is 6.08 Å². The van der Waals surface area contributed by atoms with E-state index in [1.165, 1.54) is 6.07 Å². The molecule has 0 saturated heterocycles. The van der Waals surface area contributed by atoms with E-state index in [-0.39, 0.29) is 5.56 Å². The number of pyridine rings is 1. The SMILES string of the molecule is Cc1nn(C)c2ncc(C=Cc3cc(=O)[nH]c(C4CC4)n3)cc12. The minimum Gasteiger partial charge on any atom is -0.310 e. The predicted octanol–water partition coefficient (Wildman–Crippen LogP) is 2.41. The number of hydrogen-bond donors (Lipinski definition) is 1. The summed E-state index contributed by atoms with van der Waals surface area (Å²) in [5, 5.41) is 5.41. The Labute approximate surface area is 132 Å². The first-order chi connectivity index (χ1) is 11.1. The molecular formula is C17H17N5O. The van der Waals surface area contributed by atoms with E-state index >= 15 is 0 Å². The highest BCUT2D eigenvalue weighted by atomic mass is 16.1. The number of aromatic nitrogens is 5. The molecule has 4 rings (SSSR count). The summed E-state index contributed by atoms with van der Waals surface area (Å²) in [6, 6.07) is 3.57. The van der Waals surface area contributed by atoms with Crippen molar-refractivity contribution in [3.8, 4) is 0 Å². The van der Waals surface area contributed by atoms with Gasteiger partial charge in [-0.3, -0.25) is 9.48 Å². The molecule has 0 aliphatic heterocycles. The van der Waals surface area contributed by atoms with E-state index in [2.05, 4.69) is 26.1 Å². The molecule has 0 unspecified atom stereocenters. The fraction of sp³-hybridized carbons (Fsp3) is 0.294. The van der Waals surface area contributed by atoms with Crippen LogP contribution >= 0.6 is 0 Å². The van der Waals surface area contributed by atoms with E-state index in [0.29, 0.717) is 11.6 Å². The predicted molar refractivity (Wildman–Crippen MR) is 89.0 cm³/mol. The van der Waals surface area contributed by atoms with Gasteiger partial charge in [-0.25, -0.2) is 9.97 Å². The van der Waals surface area contributed by atoms with Crippen LogP contribution in [0.3, 0.4) is 0 Å². The molecule has 3 aromatic rings. The molecule has 0 bridgehead atoms. The number of rotatable bonds is 3. The van der Waals surface area contributed by atoms with E-state index in [1.54, 1.807) is 10.9 Å². The molecule has 6 heteroatoms. The van der Waals surface area contributed by atoms with Gasteiger partial charge in [0, 0.05) is 30.6 Å². The molecule has 6 nitrogen and oxygen atoms in total. The van der Waals surface area contributed by atoms with Gasteiger partial charge >= 0.3 is 0 Å². The summed E-state index contributed by atoms with van der Waals surface area (Å²) in [6.07, 6.45) is 7.80. The third-order valence-corrected chi connectivity index (χ3v) is 4.07. The largest absolute Gasteiger partial charge is 0.310 e.